The first-order valence-electron chi connectivity index (χ1n) is 6.16. The lowest BCUT2D eigenvalue weighted by Crippen LogP contribution is -2.42. The minimum absolute atomic E-state index is 0.0270. The average Bonchev–Trinajstić information content (AvgIpc) is 2.38. The lowest BCUT2D eigenvalue weighted by atomic mass is 9.83. The highest BCUT2D eigenvalue weighted by molar-refractivity contribution is 5.74. The van der Waals surface area contributed by atoms with Gasteiger partial charge in [-0.05, 0) is 31.5 Å². The summed E-state index contributed by atoms with van der Waals surface area (Å²) in [6.45, 7) is 2.66. The van der Waals surface area contributed by atoms with E-state index in [1.54, 1.807) is 0 Å². The molecular weight excluding hydrogens is 270 g/mol. The Bertz CT molecular complexity index is 443. The molecule has 1 N–H and O–H groups in total. The minimum atomic E-state index is -3.04. The molecule has 0 heterocycles. The number of halogens is 2. The third-order valence-electron chi connectivity index (χ3n) is 3.07. The van der Waals surface area contributed by atoms with E-state index in [1.807, 2.05) is 0 Å². The van der Waals surface area contributed by atoms with Crippen LogP contribution in [0.2, 0.25) is 0 Å². The molecule has 0 amide bonds. The second-order valence-electron chi connectivity index (χ2n) is 4.44. The van der Waals surface area contributed by atoms with Gasteiger partial charge in [0, 0.05) is 0 Å². The van der Waals surface area contributed by atoms with Gasteiger partial charge in [0.25, 0.3) is 6.43 Å². The van der Waals surface area contributed by atoms with E-state index in [2.05, 4.69) is 4.74 Å². The fourth-order valence-corrected chi connectivity index (χ4v) is 1.92. The van der Waals surface area contributed by atoms with Crippen LogP contribution in [0, 0.1) is 5.92 Å². The van der Waals surface area contributed by atoms with Gasteiger partial charge in [-0.15, -0.1) is 0 Å². The number of ether oxygens (including phenoxy) is 2. The molecule has 4 nitrogen and oxygen atoms in total. The molecule has 0 aromatic heterocycles. The van der Waals surface area contributed by atoms with Gasteiger partial charge in [-0.25, -0.2) is 8.78 Å². The first-order chi connectivity index (χ1) is 9.34. The maximum atomic E-state index is 13.1. The van der Waals surface area contributed by atoms with E-state index in [1.165, 1.54) is 45.2 Å². The van der Waals surface area contributed by atoms with E-state index >= 15 is 0 Å². The van der Waals surface area contributed by atoms with Crippen molar-refractivity contribution in [3.05, 3.63) is 29.8 Å². The van der Waals surface area contributed by atoms with Gasteiger partial charge in [0.2, 0.25) is 0 Å². The molecule has 0 saturated carbocycles. The highest BCUT2D eigenvalue weighted by Crippen LogP contribution is 2.35. The molecule has 0 bridgehead atoms. The summed E-state index contributed by atoms with van der Waals surface area (Å²) in [6.07, 6.45) is -3.04. The number of carbonyl (C=O) groups is 1. The first kappa shape index (κ1) is 16.4. The summed E-state index contributed by atoms with van der Waals surface area (Å²) in [4.78, 5) is 11.6. The predicted molar refractivity (Wildman–Crippen MR) is 68.7 cm³/mol. The van der Waals surface area contributed by atoms with E-state index < -0.39 is 23.9 Å². The standard InChI is InChI=1S/C14H18F2O4/c1-4-20-13(17)11(12(15)16)14(2,18)9-5-7-10(19-3)8-6-9/h5-8,11-12,18H,4H2,1-3H3. The molecule has 0 aliphatic rings. The molecule has 0 spiro atoms. The SMILES string of the molecule is CCOC(=O)C(C(F)F)C(C)(O)c1ccc(OC)cc1. The summed E-state index contributed by atoms with van der Waals surface area (Å²) in [5.74, 6) is -2.55. The maximum absolute atomic E-state index is 13.1. The molecule has 1 rings (SSSR count). The summed E-state index contributed by atoms with van der Waals surface area (Å²) in [5.41, 5.74) is -1.84. The minimum Gasteiger partial charge on any atom is -0.497 e. The Labute approximate surface area is 116 Å². The second-order valence-corrected chi connectivity index (χ2v) is 4.44. The number of rotatable bonds is 6. The Morgan fingerprint density at radius 1 is 1.35 bits per heavy atom. The van der Waals surface area contributed by atoms with E-state index in [0.29, 0.717) is 5.75 Å². The molecule has 0 fully saturated rings. The molecule has 0 aliphatic heterocycles. The molecule has 0 radical (unpaired) electrons. The van der Waals surface area contributed by atoms with Crippen molar-refractivity contribution >= 4 is 5.97 Å². The zero-order valence-electron chi connectivity index (χ0n) is 11.6. The monoisotopic (exact) mass is 288 g/mol. The van der Waals surface area contributed by atoms with Crippen molar-refractivity contribution in [2.24, 2.45) is 5.92 Å². The van der Waals surface area contributed by atoms with Crippen molar-refractivity contribution in [3.8, 4) is 5.75 Å². The summed E-state index contributed by atoms with van der Waals surface area (Å²) in [6, 6.07) is 5.93. The summed E-state index contributed by atoms with van der Waals surface area (Å²) >= 11 is 0. The first-order valence-corrected chi connectivity index (χ1v) is 6.16. The zero-order valence-corrected chi connectivity index (χ0v) is 11.6. The molecule has 0 saturated heterocycles. The highest BCUT2D eigenvalue weighted by Gasteiger charge is 2.46. The van der Waals surface area contributed by atoms with Crippen LogP contribution in [-0.4, -0.2) is 31.2 Å². The average molecular weight is 288 g/mol. The Hall–Kier alpha value is -1.69. The summed E-state index contributed by atoms with van der Waals surface area (Å²) in [5, 5.41) is 10.4. The van der Waals surface area contributed by atoms with Gasteiger partial charge in [0.1, 0.15) is 17.3 Å². The van der Waals surface area contributed by atoms with Gasteiger partial charge in [0.15, 0.2) is 0 Å². The third kappa shape index (κ3) is 3.45. The molecule has 112 valence electrons. The van der Waals surface area contributed by atoms with E-state index in [9.17, 15) is 18.7 Å². The molecule has 2 atom stereocenters. The van der Waals surface area contributed by atoms with Crippen molar-refractivity contribution < 1.29 is 28.2 Å². The van der Waals surface area contributed by atoms with Crippen molar-refractivity contribution in [1.29, 1.82) is 0 Å². The Morgan fingerprint density at radius 2 is 1.90 bits per heavy atom. The van der Waals surface area contributed by atoms with Crippen molar-refractivity contribution in [3.63, 3.8) is 0 Å². The molecular formula is C14H18F2O4. The second kappa shape index (κ2) is 6.65. The highest BCUT2D eigenvalue weighted by atomic mass is 19.3. The fourth-order valence-electron chi connectivity index (χ4n) is 1.92. The van der Waals surface area contributed by atoms with Gasteiger partial charge in [-0.3, -0.25) is 4.79 Å². The summed E-state index contributed by atoms with van der Waals surface area (Å²) < 4.78 is 35.8. The number of hydrogen-bond donors (Lipinski definition) is 1. The molecule has 2 unspecified atom stereocenters. The van der Waals surface area contributed by atoms with Gasteiger partial charge in [-0.1, -0.05) is 12.1 Å². The van der Waals surface area contributed by atoms with E-state index in [4.69, 9.17) is 4.74 Å². The van der Waals surface area contributed by atoms with Crippen LogP contribution in [0.5, 0.6) is 5.75 Å². The van der Waals surface area contributed by atoms with Crippen LogP contribution in [0.1, 0.15) is 19.4 Å². The maximum Gasteiger partial charge on any atom is 0.318 e. The molecule has 1 aromatic carbocycles. The Morgan fingerprint density at radius 3 is 2.30 bits per heavy atom. The van der Waals surface area contributed by atoms with Crippen LogP contribution >= 0.6 is 0 Å². The van der Waals surface area contributed by atoms with Gasteiger partial charge in [-0.2, -0.15) is 0 Å². The van der Waals surface area contributed by atoms with E-state index in [0.717, 1.165) is 0 Å². The van der Waals surface area contributed by atoms with Crippen LogP contribution in [0.25, 0.3) is 0 Å². The van der Waals surface area contributed by atoms with Crippen molar-refractivity contribution in [2.75, 3.05) is 13.7 Å². The van der Waals surface area contributed by atoms with Gasteiger partial charge in [0.05, 0.1) is 13.7 Å². The van der Waals surface area contributed by atoms with E-state index in [-0.39, 0.29) is 12.2 Å². The predicted octanol–water partition coefficient (Wildman–Crippen LogP) is 2.35. The van der Waals surface area contributed by atoms with Crippen molar-refractivity contribution in [1.82, 2.24) is 0 Å². The van der Waals surface area contributed by atoms with Crippen LogP contribution in [-0.2, 0) is 15.1 Å². The quantitative estimate of drug-likeness (QED) is 0.816. The van der Waals surface area contributed by atoms with Crippen LogP contribution in [0.3, 0.4) is 0 Å². The number of hydrogen-bond acceptors (Lipinski definition) is 4. The molecule has 6 heteroatoms. The third-order valence-corrected chi connectivity index (χ3v) is 3.07. The van der Waals surface area contributed by atoms with Crippen molar-refractivity contribution in [2.45, 2.75) is 25.9 Å². The number of aliphatic hydroxyl groups is 1. The normalized spacial score (nSPS) is 15.6. The molecule has 0 aliphatic carbocycles. The lowest BCUT2D eigenvalue weighted by molar-refractivity contribution is -0.169. The fraction of sp³-hybridized carbons (Fsp3) is 0.500. The zero-order chi connectivity index (χ0) is 15.3. The topological polar surface area (TPSA) is 55.8 Å². The Balaban J connectivity index is 3.11. The van der Waals surface area contributed by atoms with Gasteiger partial charge < -0.3 is 14.6 Å². The summed E-state index contributed by atoms with van der Waals surface area (Å²) in [7, 11) is 1.47. The number of esters is 1. The molecule has 1 aromatic rings. The lowest BCUT2D eigenvalue weighted by Gasteiger charge is -2.31. The molecule has 20 heavy (non-hydrogen) atoms. The number of methoxy groups -OCH3 is 1. The van der Waals surface area contributed by atoms with Crippen LogP contribution in [0.15, 0.2) is 24.3 Å². The number of carbonyl (C=O) groups excluding carboxylic acids is 1. The Kier molecular flexibility index (Phi) is 5.44. The largest absolute Gasteiger partial charge is 0.497 e. The number of alkyl halides is 2. The van der Waals surface area contributed by atoms with Gasteiger partial charge >= 0.3 is 5.97 Å². The van der Waals surface area contributed by atoms with Crippen LogP contribution < -0.4 is 4.74 Å². The number of benzene rings is 1. The van der Waals surface area contributed by atoms with Crippen LogP contribution in [0.4, 0.5) is 8.78 Å². The smallest absolute Gasteiger partial charge is 0.318 e.